The van der Waals surface area contributed by atoms with Crippen molar-refractivity contribution < 1.29 is 9.53 Å². The molecule has 0 atom stereocenters. The van der Waals surface area contributed by atoms with Gasteiger partial charge in [-0.05, 0) is 35.0 Å². The molecule has 0 saturated heterocycles. The lowest BCUT2D eigenvalue weighted by Gasteiger charge is -2.10. The average molecular weight is 375 g/mol. The standard InChI is InChI=1S/C26H17NO2/c28-26(29-21-15-14-18-8-4-5-11-20(18)16-21)23-17-25(19-9-2-1-3-10-19)27-24-13-7-6-12-22(23)24/h1-17H. The second kappa shape index (κ2) is 7.21. The van der Waals surface area contributed by atoms with Gasteiger partial charge in [-0.15, -0.1) is 0 Å². The Kier molecular flexibility index (Phi) is 4.26. The number of nitrogens with zero attached hydrogens (tertiary/aromatic N) is 1. The van der Waals surface area contributed by atoms with Gasteiger partial charge in [-0.3, -0.25) is 0 Å². The van der Waals surface area contributed by atoms with E-state index in [1.807, 2.05) is 97.1 Å². The molecule has 138 valence electrons. The quantitative estimate of drug-likeness (QED) is 0.275. The maximum absolute atomic E-state index is 13.1. The van der Waals surface area contributed by atoms with Crippen molar-refractivity contribution in [3.63, 3.8) is 0 Å². The van der Waals surface area contributed by atoms with E-state index in [1.165, 1.54) is 0 Å². The van der Waals surface area contributed by atoms with Crippen LogP contribution in [0.3, 0.4) is 0 Å². The minimum atomic E-state index is -0.393. The van der Waals surface area contributed by atoms with Gasteiger partial charge in [-0.25, -0.2) is 9.78 Å². The Bertz CT molecular complexity index is 1340. The molecule has 0 fully saturated rings. The van der Waals surface area contributed by atoms with Crippen molar-refractivity contribution in [2.75, 3.05) is 0 Å². The number of rotatable bonds is 3. The van der Waals surface area contributed by atoms with Crippen LogP contribution in [0, 0.1) is 0 Å². The summed E-state index contributed by atoms with van der Waals surface area (Å²) in [5.74, 6) is 0.131. The van der Waals surface area contributed by atoms with E-state index in [0.29, 0.717) is 11.3 Å². The number of esters is 1. The van der Waals surface area contributed by atoms with E-state index in [4.69, 9.17) is 9.72 Å². The summed E-state index contributed by atoms with van der Waals surface area (Å²) in [4.78, 5) is 17.8. The van der Waals surface area contributed by atoms with Crippen LogP contribution in [0.5, 0.6) is 5.75 Å². The molecule has 4 aromatic carbocycles. The Morgan fingerprint density at radius 3 is 2.28 bits per heavy atom. The van der Waals surface area contributed by atoms with Crippen molar-refractivity contribution in [3.8, 4) is 17.0 Å². The number of carbonyl (C=O) groups is 1. The number of fused-ring (bicyclic) bond motifs is 2. The van der Waals surface area contributed by atoms with Gasteiger partial charge in [0.15, 0.2) is 0 Å². The number of benzene rings is 4. The van der Waals surface area contributed by atoms with E-state index >= 15 is 0 Å². The molecule has 0 aliphatic heterocycles. The molecule has 29 heavy (non-hydrogen) atoms. The summed E-state index contributed by atoms with van der Waals surface area (Å²) < 4.78 is 5.74. The van der Waals surface area contributed by atoms with Gasteiger partial charge >= 0.3 is 5.97 Å². The minimum Gasteiger partial charge on any atom is -0.423 e. The third-order valence-corrected chi connectivity index (χ3v) is 4.94. The summed E-state index contributed by atoms with van der Waals surface area (Å²) in [5, 5.41) is 2.91. The zero-order valence-electron chi connectivity index (χ0n) is 15.6. The third kappa shape index (κ3) is 3.34. The Labute approximate surface area is 168 Å². The van der Waals surface area contributed by atoms with Crippen molar-refractivity contribution in [1.82, 2.24) is 4.98 Å². The van der Waals surface area contributed by atoms with E-state index < -0.39 is 5.97 Å². The number of pyridine rings is 1. The fraction of sp³-hybridized carbons (Fsp3) is 0. The normalized spacial score (nSPS) is 10.9. The first-order valence-electron chi connectivity index (χ1n) is 9.44. The second-order valence-electron chi connectivity index (χ2n) is 6.84. The number of carbonyl (C=O) groups excluding carboxylic acids is 1. The topological polar surface area (TPSA) is 39.2 Å². The highest BCUT2D eigenvalue weighted by Crippen LogP contribution is 2.27. The molecule has 0 spiro atoms. The van der Waals surface area contributed by atoms with Gasteiger partial charge in [-0.1, -0.05) is 78.9 Å². The first-order valence-corrected chi connectivity index (χ1v) is 9.44. The van der Waals surface area contributed by atoms with Gasteiger partial charge in [0, 0.05) is 10.9 Å². The Morgan fingerprint density at radius 2 is 1.41 bits per heavy atom. The molecule has 0 amide bonds. The van der Waals surface area contributed by atoms with Crippen LogP contribution in [-0.2, 0) is 0 Å². The number of hydrogen-bond donors (Lipinski definition) is 0. The molecule has 0 aliphatic carbocycles. The number of hydrogen-bond acceptors (Lipinski definition) is 3. The summed E-state index contributed by atoms with van der Waals surface area (Å²) in [6.45, 7) is 0. The minimum absolute atomic E-state index is 0.393. The van der Waals surface area contributed by atoms with E-state index in [-0.39, 0.29) is 0 Å². The molecule has 0 unspecified atom stereocenters. The van der Waals surface area contributed by atoms with Crippen molar-refractivity contribution >= 4 is 27.6 Å². The largest absolute Gasteiger partial charge is 0.423 e. The predicted octanol–water partition coefficient (Wildman–Crippen LogP) is 6.27. The molecule has 0 N–H and O–H groups in total. The highest BCUT2D eigenvalue weighted by Gasteiger charge is 2.16. The summed E-state index contributed by atoms with van der Waals surface area (Å²) in [6.07, 6.45) is 0. The predicted molar refractivity (Wildman–Crippen MR) is 116 cm³/mol. The fourth-order valence-electron chi connectivity index (χ4n) is 3.49. The molecule has 5 aromatic rings. The van der Waals surface area contributed by atoms with Gasteiger partial charge in [0.1, 0.15) is 5.75 Å². The van der Waals surface area contributed by atoms with Gasteiger partial charge < -0.3 is 4.74 Å². The lowest BCUT2D eigenvalue weighted by molar-refractivity contribution is 0.0737. The molecular weight excluding hydrogens is 358 g/mol. The van der Waals surface area contributed by atoms with Crippen LogP contribution >= 0.6 is 0 Å². The molecule has 0 bridgehead atoms. The Hall–Kier alpha value is -3.98. The van der Waals surface area contributed by atoms with E-state index in [9.17, 15) is 4.79 Å². The molecule has 3 nitrogen and oxygen atoms in total. The molecule has 0 saturated carbocycles. The summed E-state index contributed by atoms with van der Waals surface area (Å²) in [5.41, 5.74) is 2.97. The zero-order valence-corrected chi connectivity index (χ0v) is 15.6. The van der Waals surface area contributed by atoms with Gasteiger partial charge in [0.25, 0.3) is 0 Å². The Balaban J connectivity index is 1.58. The maximum atomic E-state index is 13.1. The monoisotopic (exact) mass is 375 g/mol. The van der Waals surface area contributed by atoms with E-state index in [1.54, 1.807) is 6.07 Å². The van der Waals surface area contributed by atoms with Crippen molar-refractivity contribution in [2.45, 2.75) is 0 Å². The smallest absolute Gasteiger partial charge is 0.344 e. The fourth-order valence-corrected chi connectivity index (χ4v) is 3.49. The Morgan fingerprint density at radius 1 is 0.690 bits per heavy atom. The summed E-state index contributed by atoms with van der Waals surface area (Å²) in [7, 11) is 0. The van der Waals surface area contributed by atoms with Crippen LogP contribution in [0.15, 0.2) is 103 Å². The van der Waals surface area contributed by atoms with Crippen molar-refractivity contribution in [1.29, 1.82) is 0 Å². The molecule has 5 rings (SSSR count). The third-order valence-electron chi connectivity index (χ3n) is 4.94. The maximum Gasteiger partial charge on any atom is 0.344 e. The first kappa shape index (κ1) is 17.1. The molecule has 3 heteroatoms. The summed E-state index contributed by atoms with van der Waals surface area (Å²) in [6, 6.07) is 32.9. The highest BCUT2D eigenvalue weighted by atomic mass is 16.5. The number of para-hydroxylation sites is 1. The van der Waals surface area contributed by atoms with Gasteiger partial charge in [0.2, 0.25) is 0 Å². The van der Waals surface area contributed by atoms with Crippen molar-refractivity contribution in [3.05, 3.63) is 109 Å². The number of ether oxygens (including phenoxy) is 1. The lowest BCUT2D eigenvalue weighted by atomic mass is 10.0. The molecule has 1 heterocycles. The second-order valence-corrected chi connectivity index (χ2v) is 6.84. The van der Waals surface area contributed by atoms with Gasteiger partial charge in [0.05, 0.1) is 16.8 Å². The van der Waals surface area contributed by atoms with E-state index in [0.717, 1.165) is 32.9 Å². The molecule has 0 aliphatic rings. The van der Waals surface area contributed by atoms with Crippen LogP contribution in [0.2, 0.25) is 0 Å². The molecular formula is C26H17NO2. The zero-order chi connectivity index (χ0) is 19.6. The van der Waals surface area contributed by atoms with Crippen LogP contribution in [0.25, 0.3) is 32.9 Å². The lowest BCUT2D eigenvalue weighted by Crippen LogP contribution is -2.10. The molecule has 0 radical (unpaired) electrons. The van der Waals surface area contributed by atoms with Gasteiger partial charge in [-0.2, -0.15) is 0 Å². The average Bonchev–Trinajstić information content (AvgIpc) is 2.79. The van der Waals surface area contributed by atoms with Crippen LogP contribution in [-0.4, -0.2) is 11.0 Å². The SMILES string of the molecule is O=C(Oc1ccc2ccccc2c1)c1cc(-c2ccccc2)nc2ccccc12. The van der Waals surface area contributed by atoms with E-state index in [2.05, 4.69) is 0 Å². The highest BCUT2D eigenvalue weighted by molar-refractivity contribution is 6.05. The van der Waals surface area contributed by atoms with Crippen LogP contribution in [0.1, 0.15) is 10.4 Å². The van der Waals surface area contributed by atoms with Crippen LogP contribution in [0.4, 0.5) is 0 Å². The molecule has 1 aromatic heterocycles. The summed E-state index contributed by atoms with van der Waals surface area (Å²) >= 11 is 0. The number of aromatic nitrogens is 1. The van der Waals surface area contributed by atoms with Crippen LogP contribution < -0.4 is 4.74 Å². The van der Waals surface area contributed by atoms with Crippen molar-refractivity contribution in [2.24, 2.45) is 0 Å². The first-order chi connectivity index (χ1) is 14.3.